The number of rotatable bonds is 5. The van der Waals surface area contributed by atoms with Crippen LogP contribution in [0.3, 0.4) is 0 Å². The van der Waals surface area contributed by atoms with E-state index in [-0.39, 0.29) is 23.3 Å². The molecule has 0 bridgehead atoms. The van der Waals surface area contributed by atoms with Crippen LogP contribution >= 0.6 is 11.6 Å². The zero-order chi connectivity index (χ0) is 22.1. The summed E-state index contributed by atoms with van der Waals surface area (Å²) in [4.78, 5) is 24.7. The van der Waals surface area contributed by atoms with Gasteiger partial charge >= 0.3 is 0 Å². The zero-order valence-electron chi connectivity index (χ0n) is 17.3. The van der Waals surface area contributed by atoms with E-state index in [0.717, 1.165) is 0 Å². The van der Waals surface area contributed by atoms with E-state index in [1.807, 2.05) is 25.1 Å². The van der Waals surface area contributed by atoms with E-state index in [1.165, 1.54) is 12.4 Å². The number of nitrogen functional groups attached to an aromatic ring is 1. The first-order chi connectivity index (χ1) is 14.8. The maximum absolute atomic E-state index is 14.6. The Labute approximate surface area is 184 Å². The number of likely N-dealkylation sites (tertiary alicyclic amines) is 1. The molecule has 2 aromatic heterocycles. The summed E-state index contributed by atoms with van der Waals surface area (Å²) in [5, 5.41) is 5.44. The van der Waals surface area contributed by atoms with Gasteiger partial charge in [-0.15, -0.1) is 0 Å². The molecule has 1 amide bonds. The lowest BCUT2D eigenvalue weighted by Gasteiger charge is -2.15. The number of amides is 1. The molecule has 1 aliphatic rings. The van der Waals surface area contributed by atoms with Crippen molar-refractivity contribution in [2.24, 2.45) is 0 Å². The van der Waals surface area contributed by atoms with Crippen LogP contribution < -0.4 is 5.73 Å². The van der Waals surface area contributed by atoms with Crippen molar-refractivity contribution in [3.8, 4) is 11.3 Å². The highest BCUT2D eigenvalue weighted by Gasteiger charge is 2.30. The molecule has 8 nitrogen and oxygen atoms in total. The Kier molecular flexibility index (Phi) is 5.88. The predicted octanol–water partition coefficient (Wildman–Crippen LogP) is 2.76. The Morgan fingerprint density at radius 3 is 2.94 bits per heavy atom. The molecule has 31 heavy (non-hydrogen) atoms. The highest BCUT2D eigenvalue weighted by Crippen LogP contribution is 2.35. The molecule has 1 aliphatic heterocycles. The van der Waals surface area contributed by atoms with Crippen LogP contribution in [0.1, 0.15) is 12.5 Å². The molecule has 4 rings (SSSR count). The SMILES string of the molecule is CN(C)CC=CC(=O)N1CCC(n2nc(-c3ccc(Cl)cc3F)c3c(N)ncnc32)C1. The van der Waals surface area contributed by atoms with Gasteiger partial charge in [0.15, 0.2) is 5.65 Å². The van der Waals surface area contributed by atoms with Gasteiger partial charge in [-0.1, -0.05) is 17.7 Å². The molecule has 0 spiro atoms. The number of likely N-dealkylation sites (N-methyl/N-ethyl adjacent to an activating group) is 1. The van der Waals surface area contributed by atoms with Gasteiger partial charge in [0, 0.05) is 36.3 Å². The van der Waals surface area contributed by atoms with Crippen molar-refractivity contribution in [2.45, 2.75) is 12.5 Å². The first-order valence-electron chi connectivity index (χ1n) is 9.89. The minimum absolute atomic E-state index is 0.0427. The van der Waals surface area contributed by atoms with Crippen molar-refractivity contribution in [2.75, 3.05) is 39.5 Å². The Hall–Kier alpha value is -3.04. The second-order valence-electron chi connectivity index (χ2n) is 7.77. The number of hydrogen-bond acceptors (Lipinski definition) is 6. The molecule has 1 fully saturated rings. The summed E-state index contributed by atoms with van der Waals surface area (Å²) >= 11 is 5.90. The number of aromatic nitrogens is 4. The third kappa shape index (κ3) is 4.24. The van der Waals surface area contributed by atoms with Crippen molar-refractivity contribution in [1.29, 1.82) is 0 Å². The number of benzene rings is 1. The van der Waals surface area contributed by atoms with Crippen LogP contribution in [0.4, 0.5) is 10.2 Å². The Morgan fingerprint density at radius 1 is 1.39 bits per heavy atom. The number of hydrogen-bond donors (Lipinski definition) is 1. The van der Waals surface area contributed by atoms with Gasteiger partial charge in [0.05, 0.1) is 11.4 Å². The van der Waals surface area contributed by atoms with Crippen molar-refractivity contribution in [3.05, 3.63) is 47.5 Å². The average molecular weight is 444 g/mol. The quantitative estimate of drug-likeness (QED) is 0.609. The number of halogens is 2. The standard InChI is InChI=1S/C21H23ClFN7O/c1-28(2)8-3-4-17(31)29-9-7-14(11-29)30-21-18(20(24)25-12-26-21)19(27-30)15-6-5-13(22)10-16(15)23/h3-6,10,12,14H,7-9,11H2,1-2H3,(H2,24,25,26). The smallest absolute Gasteiger partial charge is 0.246 e. The second-order valence-corrected chi connectivity index (χ2v) is 8.20. The minimum atomic E-state index is -0.503. The first kappa shape index (κ1) is 21.2. The Balaban J connectivity index is 1.67. The largest absolute Gasteiger partial charge is 0.383 e. The van der Waals surface area contributed by atoms with Crippen LogP contribution in [0.25, 0.3) is 22.3 Å². The van der Waals surface area contributed by atoms with Gasteiger partial charge in [0.2, 0.25) is 5.91 Å². The Bertz CT molecular complexity index is 1160. The van der Waals surface area contributed by atoms with Crippen LogP contribution in [0.5, 0.6) is 0 Å². The molecule has 10 heteroatoms. The molecule has 2 N–H and O–H groups in total. The Morgan fingerprint density at radius 2 is 2.19 bits per heavy atom. The first-order valence-corrected chi connectivity index (χ1v) is 10.3. The number of carbonyl (C=O) groups excluding carboxylic acids is 1. The molecule has 1 saturated heterocycles. The van der Waals surface area contributed by atoms with E-state index < -0.39 is 5.82 Å². The van der Waals surface area contributed by atoms with Crippen LogP contribution in [-0.2, 0) is 4.79 Å². The molecule has 0 aliphatic carbocycles. The molecule has 1 aromatic carbocycles. The van der Waals surface area contributed by atoms with E-state index in [9.17, 15) is 9.18 Å². The van der Waals surface area contributed by atoms with Gasteiger partial charge < -0.3 is 15.5 Å². The summed E-state index contributed by atoms with van der Waals surface area (Å²) in [5.74, 6) is -0.325. The monoisotopic (exact) mass is 443 g/mol. The fourth-order valence-electron chi connectivity index (χ4n) is 3.73. The van der Waals surface area contributed by atoms with E-state index in [0.29, 0.717) is 47.8 Å². The normalized spacial score (nSPS) is 16.8. The molecule has 0 radical (unpaired) electrons. The number of nitrogens with two attached hydrogens (primary N) is 1. The topological polar surface area (TPSA) is 93.2 Å². The predicted molar refractivity (Wildman–Crippen MR) is 118 cm³/mol. The zero-order valence-corrected chi connectivity index (χ0v) is 18.1. The van der Waals surface area contributed by atoms with Crippen molar-refractivity contribution in [1.82, 2.24) is 29.5 Å². The molecule has 1 atom stereocenters. The lowest BCUT2D eigenvalue weighted by molar-refractivity contribution is -0.125. The summed E-state index contributed by atoms with van der Waals surface area (Å²) < 4.78 is 16.4. The molecular weight excluding hydrogens is 421 g/mol. The maximum Gasteiger partial charge on any atom is 0.246 e. The number of carbonyl (C=O) groups is 1. The third-order valence-corrected chi connectivity index (χ3v) is 5.49. The van der Waals surface area contributed by atoms with Crippen molar-refractivity contribution in [3.63, 3.8) is 0 Å². The van der Waals surface area contributed by atoms with Crippen LogP contribution in [0.2, 0.25) is 5.02 Å². The van der Waals surface area contributed by atoms with E-state index in [2.05, 4.69) is 15.1 Å². The van der Waals surface area contributed by atoms with Gasteiger partial charge in [0.25, 0.3) is 0 Å². The van der Waals surface area contributed by atoms with Gasteiger partial charge in [-0.3, -0.25) is 4.79 Å². The maximum atomic E-state index is 14.6. The van der Waals surface area contributed by atoms with Gasteiger partial charge in [0.1, 0.15) is 23.7 Å². The minimum Gasteiger partial charge on any atom is -0.383 e. The van der Waals surface area contributed by atoms with Crippen LogP contribution in [0, 0.1) is 5.82 Å². The second kappa shape index (κ2) is 8.60. The fraction of sp³-hybridized carbons (Fsp3) is 0.333. The van der Waals surface area contributed by atoms with Crippen LogP contribution in [0.15, 0.2) is 36.7 Å². The lowest BCUT2D eigenvalue weighted by atomic mass is 10.1. The van der Waals surface area contributed by atoms with Gasteiger partial charge in [-0.2, -0.15) is 5.10 Å². The molecule has 3 aromatic rings. The fourth-order valence-corrected chi connectivity index (χ4v) is 3.89. The van der Waals surface area contributed by atoms with Gasteiger partial charge in [-0.25, -0.2) is 19.0 Å². The molecule has 0 saturated carbocycles. The van der Waals surface area contributed by atoms with Gasteiger partial charge in [-0.05, 0) is 38.7 Å². The highest BCUT2D eigenvalue weighted by atomic mass is 35.5. The van der Waals surface area contributed by atoms with E-state index >= 15 is 0 Å². The van der Waals surface area contributed by atoms with E-state index in [1.54, 1.807) is 27.8 Å². The average Bonchev–Trinajstić information content (AvgIpc) is 3.33. The number of nitrogens with zero attached hydrogens (tertiary/aromatic N) is 6. The highest BCUT2D eigenvalue weighted by molar-refractivity contribution is 6.30. The molecule has 1 unspecified atom stereocenters. The number of anilines is 1. The van der Waals surface area contributed by atoms with E-state index in [4.69, 9.17) is 17.3 Å². The molecule has 162 valence electrons. The van der Waals surface area contributed by atoms with Crippen molar-refractivity contribution < 1.29 is 9.18 Å². The van der Waals surface area contributed by atoms with Crippen molar-refractivity contribution >= 4 is 34.4 Å². The molecular formula is C21H23ClFN7O. The summed E-state index contributed by atoms with van der Waals surface area (Å²) in [5.41, 5.74) is 7.25. The summed E-state index contributed by atoms with van der Waals surface area (Å²) in [6.45, 7) is 1.77. The van der Waals surface area contributed by atoms with Crippen LogP contribution in [-0.4, -0.2) is 69.2 Å². The summed E-state index contributed by atoms with van der Waals surface area (Å²) in [6, 6.07) is 4.29. The lowest BCUT2D eigenvalue weighted by Crippen LogP contribution is -2.28. The third-order valence-electron chi connectivity index (χ3n) is 5.26. The molecule has 3 heterocycles. The number of fused-ring (bicyclic) bond motifs is 1. The summed E-state index contributed by atoms with van der Waals surface area (Å²) in [7, 11) is 3.89. The summed E-state index contributed by atoms with van der Waals surface area (Å²) in [6.07, 6.45) is 5.50.